The van der Waals surface area contributed by atoms with E-state index in [0.717, 1.165) is 19.3 Å². The van der Waals surface area contributed by atoms with Crippen molar-refractivity contribution >= 4 is 12.0 Å². The van der Waals surface area contributed by atoms with Crippen LogP contribution in [0.15, 0.2) is 11.6 Å². The third-order valence-corrected chi connectivity index (χ3v) is 3.01. The van der Waals surface area contributed by atoms with Crippen LogP contribution in [0.1, 0.15) is 26.2 Å². The molecule has 1 atom stereocenters. The summed E-state index contributed by atoms with van der Waals surface area (Å²) in [5, 5.41) is 0. The van der Waals surface area contributed by atoms with Crippen molar-refractivity contribution in [3.63, 3.8) is 0 Å². The average molecular weight is 209 g/mol. The Labute approximate surface area is 88.9 Å². The number of allylic oxidation sites excluding steroid dienone is 2. The highest BCUT2D eigenvalue weighted by Crippen LogP contribution is 2.25. The van der Waals surface area contributed by atoms with Gasteiger partial charge in [0.1, 0.15) is 6.61 Å². The summed E-state index contributed by atoms with van der Waals surface area (Å²) in [7, 11) is 0. The molecule has 0 aromatic rings. The molecule has 0 radical (unpaired) electrons. The minimum absolute atomic E-state index is 0.0284. The Morgan fingerprint density at radius 1 is 1.60 bits per heavy atom. The topological polar surface area (TPSA) is 46.6 Å². The summed E-state index contributed by atoms with van der Waals surface area (Å²) in [6.07, 6.45) is 4.18. The summed E-state index contributed by atoms with van der Waals surface area (Å²) >= 11 is 0. The normalized spacial score (nSPS) is 26.2. The van der Waals surface area contributed by atoms with Crippen LogP contribution in [0.5, 0.6) is 0 Å². The van der Waals surface area contributed by atoms with Crippen molar-refractivity contribution in [1.82, 2.24) is 4.90 Å². The van der Waals surface area contributed by atoms with E-state index in [2.05, 4.69) is 13.0 Å². The lowest BCUT2D eigenvalue weighted by Gasteiger charge is -2.22. The lowest BCUT2D eigenvalue weighted by atomic mass is 9.89. The fourth-order valence-corrected chi connectivity index (χ4v) is 2.00. The molecular weight excluding hydrogens is 194 g/mol. The van der Waals surface area contributed by atoms with Gasteiger partial charge >= 0.3 is 6.09 Å². The molecule has 4 nitrogen and oxygen atoms in total. The number of rotatable bonds is 1. The Balaban J connectivity index is 1.99. The van der Waals surface area contributed by atoms with Gasteiger partial charge < -0.3 is 4.74 Å². The zero-order chi connectivity index (χ0) is 10.8. The number of ether oxygens (including phenoxy) is 1. The fraction of sp³-hybridized carbons (Fsp3) is 0.636. The molecule has 0 aromatic carbocycles. The number of carbonyl (C=O) groups excluding carboxylic acids is 2. The van der Waals surface area contributed by atoms with Crippen molar-refractivity contribution in [3.05, 3.63) is 11.6 Å². The van der Waals surface area contributed by atoms with Crippen molar-refractivity contribution in [1.29, 1.82) is 0 Å². The molecule has 2 rings (SSSR count). The second-order valence-electron chi connectivity index (χ2n) is 4.13. The van der Waals surface area contributed by atoms with Gasteiger partial charge in [0.2, 0.25) is 5.91 Å². The van der Waals surface area contributed by atoms with Gasteiger partial charge in [-0.2, -0.15) is 0 Å². The first-order valence-electron chi connectivity index (χ1n) is 5.32. The summed E-state index contributed by atoms with van der Waals surface area (Å²) < 4.78 is 4.75. The monoisotopic (exact) mass is 209 g/mol. The summed E-state index contributed by atoms with van der Waals surface area (Å²) in [5.41, 5.74) is 1.34. The molecule has 0 N–H and O–H groups in total. The molecule has 0 bridgehead atoms. The fourth-order valence-electron chi connectivity index (χ4n) is 2.00. The van der Waals surface area contributed by atoms with Gasteiger partial charge in [-0.3, -0.25) is 4.79 Å². The van der Waals surface area contributed by atoms with E-state index in [9.17, 15) is 9.59 Å². The molecule has 2 amide bonds. The van der Waals surface area contributed by atoms with E-state index in [1.54, 1.807) is 0 Å². The van der Waals surface area contributed by atoms with Crippen LogP contribution in [0.25, 0.3) is 0 Å². The van der Waals surface area contributed by atoms with Crippen LogP contribution in [0.2, 0.25) is 0 Å². The number of carbonyl (C=O) groups is 2. The quantitative estimate of drug-likeness (QED) is 0.618. The molecular formula is C11H15NO3. The number of hydrogen-bond donors (Lipinski definition) is 0. The number of hydrogen-bond acceptors (Lipinski definition) is 3. The molecule has 82 valence electrons. The van der Waals surface area contributed by atoms with Crippen molar-refractivity contribution in [2.45, 2.75) is 26.2 Å². The maximum absolute atomic E-state index is 11.9. The predicted octanol–water partition coefficient (Wildman–Crippen LogP) is 1.71. The van der Waals surface area contributed by atoms with Gasteiger partial charge in [0.25, 0.3) is 0 Å². The predicted molar refractivity (Wildman–Crippen MR) is 54.2 cm³/mol. The van der Waals surface area contributed by atoms with Gasteiger partial charge in [-0.25, -0.2) is 9.69 Å². The highest BCUT2D eigenvalue weighted by molar-refractivity contribution is 5.94. The Bertz CT molecular complexity index is 322. The first-order valence-corrected chi connectivity index (χ1v) is 5.32. The number of nitrogens with zero attached hydrogens (tertiary/aromatic N) is 1. The van der Waals surface area contributed by atoms with E-state index in [4.69, 9.17) is 4.74 Å². The zero-order valence-corrected chi connectivity index (χ0v) is 8.86. The summed E-state index contributed by atoms with van der Waals surface area (Å²) in [6, 6.07) is 0. The Hall–Kier alpha value is -1.32. The summed E-state index contributed by atoms with van der Waals surface area (Å²) in [5.74, 6) is -0.0967. The van der Waals surface area contributed by atoms with E-state index >= 15 is 0 Å². The number of amides is 2. The van der Waals surface area contributed by atoms with E-state index < -0.39 is 6.09 Å². The van der Waals surface area contributed by atoms with Gasteiger partial charge in [-0.05, 0) is 26.2 Å². The molecule has 1 fully saturated rings. The number of imide groups is 1. The lowest BCUT2D eigenvalue weighted by Crippen LogP contribution is -2.37. The van der Waals surface area contributed by atoms with Crippen LogP contribution in [0.3, 0.4) is 0 Å². The molecule has 0 saturated carbocycles. The maximum atomic E-state index is 11.9. The van der Waals surface area contributed by atoms with Crippen molar-refractivity contribution < 1.29 is 14.3 Å². The van der Waals surface area contributed by atoms with Crippen LogP contribution in [-0.2, 0) is 9.53 Å². The maximum Gasteiger partial charge on any atom is 0.416 e. The Kier molecular flexibility index (Phi) is 2.75. The summed E-state index contributed by atoms with van der Waals surface area (Å²) in [6.45, 7) is 2.83. The second-order valence-corrected chi connectivity index (χ2v) is 4.13. The van der Waals surface area contributed by atoms with Crippen LogP contribution in [0.4, 0.5) is 4.79 Å². The number of cyclic esters (lactones) is 1. The van der Waals surface area contributed by atoms with Crippen LogP contribution >= 0.6 is 0 Å². The second kappa shape index (κ2) is 4.04. The highest BCUT2D eigenvalue weighted by Gasteiger charge is 2.33. The van der Waals surface area contributed by atoms with Crippen molar-refractivity contribution in [3.8, 4) is 0 Å². The minimum atomic E-state index is -0.480. The van der Waals surface area contributed by atoms with E-state index in [-0.39, 0.29) is 11.8 Å². The largest absolute Gasteiger partial charge is 0.447 e. The van der Waals surface area contributed by atoms with Gasteiger partial charge in [0.05, 0.1) is 6.54 Å². The molecule has 2 aliphatic rings. The van der Waals surface area contributed by atoms with E-state index in [1.807, 2.05) is 0 Å². The summed E-state index contributed by atoms with van der Waals surface area (Å²) in [4.78, 5) is 24.3. The average Bonchev–Trinajstić information content (AvgIpc) is 2.65. The molecule has 1 heterocycles. The molecule has 0 spiro atoms. The first-order chi connectivity index (χ1) is 7.18. The molecule has 1 aliphatic heterocycles. The Morgan fingerprint density at radius 3 is 2.93 bits per heavy atom. The lowest BCUT2D eigenvalue weighted by molar-refractivity contribution is -0.132. The van der Waals surface area contributed by atoms with E-state index in [0.29, 0.717) is 13.2 Å². The smallest absolute Gasteiger partial charge is 0.416 e. The molecule has 15 heavy (non-hydrogen) atoms. The van der Waals surface area contributed by atoms with Gasteiger partial charge in [0.15, 0.2) is 0 Å². The molecule has 1 saturated heterocycles. The SMILES string of the molecule is CC1=CC[C@@H](C(=O)N2CCOC2=O)CC1. The van der Waals surface area contributed by atoms with E-state index in [1.165, 1.54) is 10.5 Å². The van der Waals surface area contributed by atoms with Crippen molar-refractivity contribution in [2.24, 2.45) is 5.92 Å². The van der Waals surface area contributed by atoms with Crippen LogP contribution < -0.4 is 0 Å². The van der Waals surface area contributed by atoms with Gasteiger partial charge in [0, 0.05) is 5.92 Å². The molecule has 1 aliphatic carbocycles. The Morgan fingerprint density at radius 2 is 2.40 bits per heavy atom. The van der Waals surface area contributed by atoms with Gasteiger partial charge in [-0.15, -0.1) is 0 Å². The zero-order valence-electron chi connectivity index (χ0n) is 8.86. The minimum Gasteiger partial charge on any atom is -0.447 e. The highest BCUT2D eigenvalue weighted by atomic mass is 16.6. The third kappa shape index (κ3) is 2.03. The van der Waals surface area contributed by atoms with Gasteiger partial charge in [-0.1, -0.05) is 11.6 Å². The van der Waals surface area contributed by atoms with Crippen molar-refractivity contribution in [2.75, 3.05) is 13.2 Å². The van der Waals surface area contributed by atoms with Crippen LogP contribution in [0, 0.1) is 5.92 Å². The van der Waals surface area contributed by atoms with Crippen LogP contribution in [-0.4, -0.2) is 30.1 Å². The third-order valence-electron chi connectivity index (χ3n) is 3.01. The molecule has 4 heteroatoms. The molecule has 0 aromatic heterocycles. The standard InChI is InChI=1S/C11H15NO3/c1-8-2-4-9(5-3-8)10(13)12-6-7-15-11(12)14/h2,9H,3-7H2,1H3/t9-/m1/s1. The molecule has 0 unspecified atom stereocenters. The first kappa shape index (κ1) is 10.2.